The first-order valence-electron chi connectivity index (χ1n) is 18.7. The Morgan fingerprint density at radius 1 is 1.04 bits per heavy atom. The molecule has 56 heavy (non-hydrogen) atoms. The lowest BCUT2D eigenvalue weighted by Gasteiger charge is -2.29. The van der Waals surface area contributed by atoms with Crippen molar-refractivity contribution in [2.24, 2.45) is 11.8 Å². The average molecular weight is 775 g/mol. The molecule has 14 nitrogen and oxygen atoms in total. The minimum absolute atomic E-state index is 0.123. The summed E-state index contributed by atoms with van der Waals surface area (Å²) in [6.07, 6.45) is 1.29. The highest BCUT2D eigenvalue weighted by Gasteiger charge is 2.61. The Hall–Kier alpha value is -5.69. The normalized spacial score (nSPS) is 23.0. The van der Waals surface area contributed by atoms with Crippen molar-refractivity contribution in [3.8, 4) is 39.8 Å². The molecule has 15 heteroatoms. The van der Waals surface area contributed by atoms with Gasteiger partial charge in [-0.3, -0.25) is 18.5 Å². The Kier molecular flexibility index (Phi) is 7.39. The molecule has 3 aromatic carbocycles. The number of fused-ring (bicyclic) bond motifs is 7. The summed E-state index contributed by atoms with van der Waals surface area (Å²) in [7, 11) is -3.82. The molecule has 10 bridgehead atoms. The molecule has 0 aliphatic carbocycles. The maximum Gasteiger partial charge on any atom is 0.294 e. The number of hydrogen-bond donors (Lipinski definition) is 5. The SMILES string of the molecule is CC(C)C1NC(=O)[C@@H](NC(=O)[C@@H](O)C(C)C)Cc2ccc3c(c2)C24c5cccc(c5N[C@H]2O3)-c2cccc3c2c(cn3P(C)(=O)O)-c2cnc(o2)-c2nc1oc24. The van der Waals surface area contributed by atoms with E-state index in [1.807, 2.05) is 68.4 Å². The van der Waals surface area contributed by atoms with Crippen LogP contribution in [0.5, 0.6) is 5.75 Å². The molecule has 0 radical (unpaired) electrons. The minimum atomic E-state index is -3.82. The smallest absolute Gasteiger partial charge is 0.294 e. The highest BCUT2D eigenvalue weighted by Crippen LogP contribution is 2.62. The molecule has 286 valence electrons. The third-order valence-electron chi connectivity index (χ3n) is 11.6. The largest absolute Gasteiger partial charge is 0.469 e. The summed E-state index contributed by atoms with van der Waals surface area (Å²) in [6, 6.07) is 15.6. The van der Waals surface area contributed by atoms with Crippen molar-refractivity contribution in [3.05, 3.63) is 95.3 Å². The molecule has 2 amide bonds. The number of para-hydroxylation sites is 1. The van der Waals surface area contributed by atoms with Gasteiger partial charge in [0.1, 0.15) is 29.4 Å². The van der Waals surface area contributed by atoms with Crippen molar-refractivity contribution in [3.63, 3.8) is 0 Å². The number of rotatable bonds is 5. The highest BCUT2D eigenvalue weighted by molar-refractivity contribution is 7.55. The van der Waals surface area contributed by atoms with Gasteiger partial charge in [-0.1, -0.05) is 70.2 Å². The van der Waals surface area contributed by atoms with Crippen molar-refractivity contribution >= 4 is 35.9 Å². The van der Waals surface area contributed by atoms with Gasteiger partial charge in [-0.05, 0) is 35.1 Å². The van der Waals surface area contributed by atoms with E-state index in [1.165, 1.54) is 11.0 Å². The number of nitrogens with zero attached hydrogens (tertiary/aromatic N) is 3. The molecule has 3 unspecified atom stereocenters. The van der Waals surface area contributed by atoms with Crippen LogP contribution in [0.4, 0.5) is 5.69 Å². The van der Waals surface area contributed by atoms with Crippen molar-refractivity contribution in [1.82, 2.24) is 24.9 Å². The van der Waals surface area contributed by atoms with E-state index in [2.05, 4.69) is 16.0 Å². The van der Waals surface area contributed by atoms with Gasteiger partial charge in [0, 0.05) is 52.6 Å². The van der Waals surface area contributed by atoms with Crippen LogP contribution in [0.1, 0.15) is 62.1 Å². The fourth-order valence-electron chi connectivity index (χ4n) is 8.80. The molecule has 6 aromatic rings. The van der Waals surface area contributed by atoms with Gasteiger partial charge >= 0.3 is 0 Å². The Balaban J connectivity index is 1.29. The molecule has 5 N–H and O–H groups in total. The van der Waals surface area contributed by atoms with Crippen LogP contribution in [0, 0.1) is 11.8 Å². The molecule has 4 aliphatic heterocycles. The molecule has 10 rings (SSSR count). The molecule has 6 atom stereocenters. The number of nitrogens with one attached hydrogen (secondary N) is 3. The second-order valence-electron chi connectivity index (χ2n) is 15.9. The van der Waals surface area contributed by atoms with Gasteiger partial charge in [0.25, 0.3) is 7.52 Å². The van der Waals surface area contributed by atoms with Crippen molar-refractivity contribution in [2.45, 2.75) is 63.9 Å². The van der Waals surface area contributed by atoms with Crippen LogP contribution in [0.2, 0.25) is 0 Å². The number of aliphatic hydroxyl groups is 1. The third-order valence-corrected chi connectivity index (χ3v) is 12.7. The van der Waals surface area contributed by atoms with Crippen LogP contribution in [-0.2, 0) is 26.0 Å². The van der Waals surface area contributed by atoms with Crippen LogP contribution >= 0.6 is 7.52 Å². The van der Waals surface area contributed by atoms with Gasteiger partial charge in [-0.2, -0.15) is 0 Å². The zero-order chi connectivity index (χ0) is 39.0. The summed E-state index contributed by atoms with van der Waals surface area (Å²) in [6.45, 7) is 8.63. The highest BCUT2D eigenvalue weighted by atomic mass is 31.2. The summed E-state index contributed by atoms with van der Waals surface area (Å²) in [5.74, 6) is -0.00521. The Labute approximate surface area is 320 Å². The van der Waals surface area contributed by atoms with E-state index in [9.17, 15) is 24.2 Å². The number of hydrogen-bond acceptors (Lipinski definition) is 10. The maximum atomic E-state index is 14.2. The number of anilines is 1. The molecule has 3 aromatic heterocycles. The minimum Gasteiger partial charge on any atom is -0.469 e. The van der Waals surface area contributed by atoms with E-state index in [0.717, 1.165) is 33.5 Å². The van der Waals surface area contributed by atoms with E-state index in [1.54, 1.807) is 26.2 Å². The van der Waals surface area contributed by atoms with E-state index in [-0.39, 0.29) is 30.0 Å². The molecule has 0 fully saturated rings. The van der Waals surface area contributed by atoms with Crippen molar-refractivity contribution in [1.29, 1.82) is 0 Å². The fourth-order valence-corrected chi connectivity index (χ4v) is 9.70. The second kappa shape index (κ2) is 11.9. The first kappa shape index (κ1) is 34.8. The summed E-state index contributed by atoms with van der Waals surface area (Å²) < 4.78 is 35.1. The lowest BCUT2D eigenvalue weighted by atomic mass is 9.72. The number of benzene rings is 3. The number of carbonyl (C=O) groups is 2. The lowest BCUT2D eigenvalue weighted by Crippen LogP contribution is -2.52. The number of oxazole rings is 2. The van der Waals surface area contributed by atoms with Crippen molar-refractivity contribution in [2.75, 3.05) is 12.0 Å². The van der Waals surface area contributed by atoms with Gasteiger partial charge in [-0.25, -0.2) is 9.97 Å². The number of amides is 2. The third kappa shape index (κ3) is 4.79. The first-order chi connectivity index (χ1) is 26.7. The van der Waals surface area contributed by atoms with Gasteiger partial charge in [0.2, 0.25) is 23.6 Å². The van der Waals surface area contributed by atoms with Crippen LogP contribution < -0.4 is 20.7 Å². The fraction of sp³-hybridized carbons (Fsp3) is 0.317. The molecular weight excluding hydrogens is 735 g/mol. The summed E-state index contributed by atoms with van der Waals surface area (Å²) in [5, 5.41) is 21.0. The van der Waals surface area contributed by atoms with E-state index >= 15 is 0 Å². The lowest BCUT2D eigenvalue weighted by molar-refractivity contribution is -0.135. The Morgan fingerprint density at radius 2 is 1.82 bits per heavy atom. The Morgan fingerprint density at radius 3 is 2.59 bits per heavy atom. The summed E-state index contributed by atoms with van der Waals surface area (Å²) in [4.78, 5) is 48.2. The molecular formula is C41H39N6O8P. The van der Waals surface area contributed by atoms with Gasteiger partial charge in [-0.15, -0.1) is 0 Å². The molecule has 1 spiro atoms. The summed E-state index contributed by atoms with van der Waals surface area (Å²) in [5.41, 5.74) is 5.00. The maximum absolute atomic E-state index is 14.2. The van der Waals surface area contributed by atoms with Crippen LogP contribution in [0.15, 0.2) is 75.8 Å². The number of aliphatic hydroxyl groups excluding tert-OH is 1. The molecule has 0 saturated carbocycles. The van der Waals surface area contributed by atoms with Crippen LogP contribution in [0.3, 0.4) is 0 Å². The van der Waals surface area contributed by atoms with E-state index in [0.29, 0.717) is 39.4 Å². The Bertz CT molecular complexity index is 2710. The first-order valence-corrected chi connectivity index (χ1v) is 20.7. The monoisotopic (exact) mass is 774 g/mol. The van der Waals surface area contributed by atoms with Crippen LogP contribution in [-0.4, -0.2) is 61.2 Å². The van der Waals surface area contributed by atoms with E-state index < -0.39 is 49.2 Å². The molecule has 4 aliphatic rings. The molecule has 7 heterocycles. The van der Waals surface area contributed by atoms with Crippen LogP contribution in [0.25, 0.3) is 44.9 Å². The second-order valence-corrected chi connectivity index (χ2v) is 18.0. The van der Waals surface area contributed by atoms with Gasteiger partial charge < -0.3 is 39.5 Å². The summed E-state index contributed by atoms with van der Waals surface area (Å²) >= 11 is 0. The standard InChI is InChI=1S/C41H39N6O8P/c1-18(2)31-39-45-33-35(55-39)41-24-10-6-9-22(21-8-7-11-27-30(21)23(17-47(27)56(5,51)52)29-16-42-38(33)53-29)32(24)46-40(41)54-28-13-12-20(14-25(28)41)15-26(36(49)44-31)43-37(50)34(48)19(3)4/h6-14,16-19,26,31,34,40,46,48H,15H2,1-5H3,(H,43,50)(H,44,49)(H,51,52)/t26-,31?,34-,40-,41?/m0/s1. The predicted molar refractivity (Wildman–Crippen MR) is 206 cm³/mol. The van der Waals surface area contributed by atoms with E-state index in [4.69, 9.17) is 23.5 Å². The van der Waals surface area contributed by atoms with Gasteiger partial charge in [0.05, 0.1) is 11.7 Å². The zero-order valence-corrected chi connectivity index (χ0v) is 32.0. The average Bonchev–Trinajstić information content (AvgIpc) is 3.98. The quantitative estimate of drug-likeness (QED) is 0.130. The molecule has 0 saturated heterocycles. The zero-order valence-electron chi connectivity index (χ0n) is 31.2. The van der Waals surface area contributed by atoms with Crippen molar-refractivity contribution < 1.29 is 37.7 Å². The predicted octanol–water partition coefficient (Wildman–Crippen LogP) is 5.94. The number of carbonyl (C=O) groups excluding carboxylic acids is 2. The number of aromatic nitrogens is 3. The van der Waals surface area contributed by atoms with Gasteiger partial charge in [0.15, 0.2) is 23.4 Å². The topological polar surface area (TPSA) is 194 Å². The number of ether oxygens (including phenoxy) is 1.